The first-order valence-corrected chi connectivity index (χ1v) is 8.75. The lowest BCUT2D eigenvalue weighted by Gasteiger charge is -2.21. The van der Waals surface area contributed by atoms with Crippen molar-refractivity contribution >= 4 is 47.2 Å². The summed E-state index contributed by atoms with van der Waals surface area (Å²) in [4.78, 5) is 19.1. The number of guanidine groups is 1. The Labute approximate surface area is 160 Å². The Hall–Kier alpha value is -0.830. The molecule has 0 aliphatic heterocycles. The first-order chi connectivity index (χ1) is 10.6. The molecule has 5 nitrogen and oxygen atoms in total. The van der Waals surface area contributed by atoms with Crippen LogP contribution in [0.2, 0.25) is 0 Å². The standard InChI is InChI=1S/C16H26N4OS.HI/c1-12(14-9-6-10-22-14)18-16(17-11-15(21)20(2)3)19-13-7-4-5-8-13;/h6,9-10,12-13H,4-5,7-8,11H2,1-3H3,(H2,17,18,19);1H. The maximum atomic E-state index is 11.8. The van der Waals surface area contributed by atoms with Gasteiger partial charge in [0.25, 0.3) is 0 Å². The minimum Gasteiger partial charge on any atom is -0.354 e. The highest BCUT2D eigenvalue weighted by Gasteiger charge is 2.18. The van der Waals surface area contributed by atoms with Gasteiger partial charge in [0.1, 0.15) is 6.54 Å². The van der Waals surface area contributed by atoms with Gasteiger partial charge in [-0.3, -0.25) is 4.79 Å². The molecule has 2 N–H and O–H groups in total. The quantitative estimate of drug-likeness (QED) is 0.412. The first kappa shape index (κ1) is 20.2. The van der Waals surface area contributed by atoms with Crippen molar-refractivity contribution in [2.24, 2.45) is 4.99 Å². The zero-order chi connectivity index (χ0) is 15.9. The molecule has 0 bridgehead atoms. The van der Waals surface area contributed by atoms with Gasteiger partial charge in [-0.15, -0.1) is 35.3 Å². The summed E-state index contributed by atoms with van der Waals surface area (Å²) in [7, 11) is 3.51. The smallest absolute Gasteiger partial charge is 0.243 e. The molecule has 1 saturated carbocycles. The van der Waals surface area contributed by atoms with E-state index in [9.17, 15) is 4.79 Å². The van der Waals surface area contributed by atoms with Gasteiger partial charge >= 0.3 is 0 Å². The van der Waals surface area contributed by atoms with E-state index in [0.29, 0.717) is 6.04 Å². The van der Waals surface area contributed by atoms with Crippen molar-refractivity contribution in [3.63, 3.8) is 0 Å². The zero-order valence-corrected chi connectivity index (χ0v) is 17.2. The summed E-state index contributed by atoms with van der Waals surface area (Å²) in [5.41, 5.74) is 0. The topological polar surface area (TPSA) is 56.7 Å². The van der Waals surface area contributed by atoms with E-state index in [-0.39, 0.29) is 42.5 Å². The molecule has 1 amide bonds. The number of thiophene rings is 1. The molecule has 1 unspecified atom stereocenters. The van der Waals surface area contributed by atoms with Gasteiger partial charge in [-0.05, 0) is 31.2 Å². The molecule has 1 aliphatic carbocycles. The highest BCUT2D eigenvalue weighted by Crippen LogP contribution is 2.19. The van der Waals surface area contributed by atoms with E-state index in [1.807, 2.05) is 0 Å². The minimum absolute atomic E-state index is 0. The fourth-order valence-corrected chi connectivity index (χ4v) is 3.23. The van der Waals surface area contributed by atoms with Crippen LogP contribution >= 0.6 is 35.3 Å². The van der Waals surface area contributed by atoms with E-state index in [2.05, 4.69) is 40.1 Å². The Morgan fingerprint density at radius 3 is 2.70 bits per heavy atom. The predicted molar refractivity (Wildman–Crippen MR) is 108 cm³/mol. The van der Waals surface area contributed by atoms with Gasteiger partial charge in [0.05, 0.1) is 6.04 Å². The third-order valence-corrected chi connectivity index (χ3v) is 4.95. The van der Waals surface area contributed by atoms with Crippen molar-refractivity contribution in [2.75, 3.05) is 20.6 Å². The average molecular weight is 450 g/mol. The average Bonchev–Trinajstić information content (AvgIpc) is 3.17. The van der Waals surface area contributed by atoms with E-state index in [0.717, 1.165) is 5.96 Å². The number of hydrogen-bond donors (Lipinski definition) is 2. The van der Waals surface area contributed by atoms with Crippen molar-refractivity contribution in [1.29, 1.82) is 0 Å². The number of rotatable bonds is 5. The van der Waals surface area contributed by atoms with Gasteiger partial charge in [0, 0.05) is 25.0 Å². The van der Waals surface area contributed by atoms with Crippen LogP contribution in [-0.2, 0) is 4.79 Å². The molecule has 1 heterocycles. The van der Waals surface area contributed by atoms with Crippen LogP contribution in [0.3, 0.4) is 0 Å². The Morgan fingerprint density at radius 2 is 2.13 bits per heavy atom. The fraction of sp³-hybridized carbons (Fsp3) is 0.625. The molecule has 1 aromatic heterocycles. The molecule has 7 heteroatoms. The van der Waals surface area contributed by atoms with Crippen LogP contribution in [0.4, 0.5) is 0 Å². The minimum atomic E-state index is 0. The molecule has 2 rings (SSSR count). The lowest BCUT2D eigenvalue weighted by Crippen LogP contribution is -2.43. The Balaban J connectivity index is 0.00000264. The van der Waals surface area contributed by atoms with Crippen LogP contribution in [0.5, 0.6) is 0 Å². The van der Waals surface area contributed by atoms with Crippen molar-refractivity contribution in [1.82, 2.24) is 15.5 Å². The number of likely N-dealkylation sites (N-methyl/N-ethyl adjacent to an activating group) is 1. The maximum Gasteiger partial charge on any atom is 0.243 e. The summed E-state index contributed by atoms with van der Waals surface area (Å²) in [6.45, 7) is 2.29. The van der Waals surface area contributed by atoms with E-state index in [1.165, 1.54) is 30.6 Å². The zero-order valence-electron chi connectivity index (χ0n) is 14.0. The fourth-order valence-electron chi connectivity index (χ4n) is 2.50. The number of halogens is 1. The number of amides is 1. The summed E-state index contributed by atoms with van der Waals surface area (Å²) in [6.07, 6.45) is 4.88. The summed E-state index contributed by atoms with van der Waals surface area (Å²) < 4.78 is 0. The highest BCUT2D eigenvalue weighted by atomic mass is 127. The molecule has 130 valence electrons. The summed E-state index contributed by atoms with van der Waals surface area (Å²) in [6, 6.07) is 4.81. The van der Waals surface area contributed by atoms with E-state index in [4.69, 9.17) is 0 Å². The molecule has 1 aliphatic rings. The van der Waals surface area contributed by atoms with Gasteiger partial charge in [0.2, 0.25) is 5.91 Å². The lowest BCUT2D eigenvalue weighted by molar-refractivity contribution is -0.127. The molecular weight excluding hydrogens is 423 g/mol. The first-order valence-electron chi connectivity index (χ1n) is 7.87. The summed E-state index contributed by atoms with van der Waals surface area (Å²) in [5, 5.41) is 8.97. The molecule has 0 saturated heterocycles. The van der Waals surface area contributed by atoms with Crippen LogP contribution in [0.25, 0.3) is 0 Å². The number of carbonyl (C=O) groups is 1. The Morgan fingerprint density at radius 1 is 1.43 bits per heavy atom. The van der Waals surface area contributed by atoms with Crippen LogP contribution in [-0.4, -0.2) is 43.4 Å². The summed E-state index contributed by atoms with van der Waals surface area (Å²) in [5.74, 6) is 0.749. The molecule has 1 fully saturated rings. The Bertz CT molecular complexity index is 498. The lowest BCUT2D eigenvalue weighted by atomic mass is 10.2. The van der Waals surface area contributed by atoms with Crippen LogP contribution in [0.1, 0.15) is 43.5 Å². The monoisotopic (exact) mass is 450 g/mol. The maximum absolute atomic E-state index is 11.8. The third kappa shape index (κ3) is 6.66. The highest BCUT2D eigenvalue weighted by molar-refractivity contribution is 14.0. The molecule has 23 heavy (non-hydrogen) atoms. The molecule has 0 spiro atoms. The van der Waals surface area contributed by atoms with Gasteiger partial charge in [0.15, 0.2) is 5.96 Å². The SMILES string of the molecule is CC(NC(=NCC(=O)N(C)C)NC1CCCC1)c1cccs1.I. The second kappa shape index (κ2) is 10.1. The van der Waals surface area contributed by atoms with Crippen molar-refractivity contribution < 1.29 is 4.79 Å². The number of aliphatic imine (C=N–C) groups is 1. The van der Waals surface area contributed by atoms with Crippen LogP contribution < -0.4 is 10.6 Å². The Kier molecular flexibility index (Phi) is 8.90. The number of nitrogens with one attached hydrogen (secondary N) is 2. The largest absolute Gasteiger partial charge is 0.354 e. The molecular formula is C16H27IN4OS. The van der Waals surface area contributed by atoms with E-state index < -0.39 is 0 Å². The van der Waals surface area contributed by atoms with E-state index in [1.54, 1.807) is 30.3 Å². The number of nitrogens with zero attached hydrogens (tertiary/aromatic N) is 2. The normalized spacial score (nSPS) is 16.6. The molecule has 0 aromatic carbocycles. The van der Waals surface area contributed by atoms with Crippen LogP contribution in [0.15, 0.2) is 22.5 Å². The van der Waals surface area contributed by atoms with Crippen molar-refractivity contribution in [3.05, 3.63) is 22.4 Å². The van der Waals surface area contributed by atoms with E-state index >= 15 is 0 Å². The second-order valence-corrected chi connectivity index (χ2v) is 6.94. The third-order valence-electron chi connectivity index (χ3n) is 3.89. The predicted octanol–water partition coefficient (Wildman–Crippen LogP) is 2.99. The molecule has 0 radical (unpaired) electrons. The number of hydrogen-bond acceptors (Lipinski definition) is 3. The second-order valence-electron chi connectivity index (χ2n) is 5.96. The number of carbonyl (C=O) groups excluding carboxylic acids is 1. The van der Waals surface area contributed by atoms with Crippen molar-refractivity contribution in [3.8, 4) is 0 Å². The van der Waals surface area contributed by atoms with Gasteiger partial charge in [-0.25, -0.2) is 4.99 Å². The van der Waals surface area contributed by atoms with Gasteiger partial charge < -0.3 is 15.5 Å². The molecule has 1 atom stereocenters. The van der Waals surface area contributed by atoms with Crippen LogP contribution in [0, 0.1) is 0 Å². The molecule has 1 aromatic rings. The summed E-state index contributed by atoms with van der Waals surface area (Å²) >= 11 is 1.72. The van der Waals surface area contributed by atoms with Gasteiger partial charge in [-0.1, -0.05) is 18.9 Å². The van der Waals surface area contributed by atoms with Gasteiger partial charge in [-0.2, -0.15) is 0 Å². The van der Waals surface area contributed by atoms with Crippen molar-refractivity contribution in [2.45, 2.75) is 44.7 Å².